The van der Waals surface area contributed by atoms with Crippen LogP contribution in [0.1, 0.15) is 93.2 Å². The molecule has 0 saturated heterocycles. The lowest BCUT2D eigenvalue weighted by atomic mass is 9.63. The van der Waals surface area contributed by atoms with Gasteiger partial charge in [0.05, 0.1) is 0 Å². The summed E-state index contributed by atoms with van der Waals surface area (Å²) in [5.41, 5.74) is 2.72. The molecule has 4 unspecified atom stereocenters. The zero-order chi connectivity index (χ0) is 27.4. The van der Waals surface area contributed by atoms with Gasteiger partial charge in [0, 0.05) is 11.8 Å². The molecule has 0 amide bonds. The van der Waals surface area contributed by atoms with Crippen molar-refractivity contribution >= 4 is 0 Å². The lowest BCUT2D eigenvalue weighted by molar-refractivity contribution is -0.439. The van der Waals surface area contributed by atoms with Crippen molar-refractivity contribution in [1.29, 1.82) is 0 Å². The SMILES string of the molecule is C=C(C)C(C(C)(C)CC)C(C)(OOC(C)(c1ccccc1)C(C(=C)C)C(C)(C)CC)c1ccccc1. The summed E-state index contributed by atoms with van der Waals surface area (Å²) in [4.78, 5) is 13.6. The third-order valence-electron chi connectivity index (χ3n) is 8.55. The zero-order valence-corrected chi connectivity index (χ0v) is 24.6. The minimum atomic E-state index is -0.751. The first-order chi connectivity index (χ1) is 16.7. The fraction of sp³-hybridized carbons (Fsp3) is 0.529. The Morgan fingerprint density at radius 1 is 0.611 bits per heavy atom. The normalized spacial score (nSPS) is 17.5. The quantitative estimate of drug-likeness (QED) is 0.158. The fourth-order valence-electron chi connectivity index (χ4n) is 6.41. The van der Waals surface area contributed by atoms with Crippen molar-refractivity contribution in [2.24, 2.45) is 22.7 Å². The predicted molar refractivity (Wildman–Crippen MR) is 155 cm³/mol. The highest BCUT2D eigenvalue weighted by molar-refractivity contribution is 5.29. The van der Waals surface area contributed by atoms with E-state index in [0.29, 0.717) is 0 Å². The van der Waals surface area contributed by atoms with E-state index in [0.717, 1.165) is 35.1 Å². The van der Waals surface area contributed by atoms with Gasteiger partial charge in [0.15, 0.2) is 0 Å². The summed E-state index contributed by atoms with van der Waals surface area (Å²) in [5, 5.41) is 0. The molecule has 0 aliphatic rings. The Morgan fingerprint density at radius 2 is 0.889 bits per heavy atom. The van der Waals surface area contributed by atoms with Gasteiger partial charge in [-0.2, -0.15) is 0 Å². The van der Waals surface area contributed by atoms with Gasteiger partial charge in [-0.3, -0.25) is 0 Å². The molecule has 2 aromatic rings. The number of rotatable bonds is 13. The van der Waals surface area contributed by atoms with Gasteiger partial charge in [-0.15, -0.1) is 0 Å². The summed E-state index contributed by atoms with van der Waals surface area (Å²) in [6, 6.07) is 20.9. The number of benzene rings is 2. The van der Waals surface area contributed by atoms with Crippen LogP contribution in [0.2, 0.25) is 0 Å². The van der Waals surface area contributed by atoms with Crippen molar-refractivity contribution in [2.75, 3.05) is 0 Å². The van der Waals surface area contributed by atoms with Crippen LogP contribution in [0.4, 0.5) is 0 Å². The molecular formula is C34H50O2. The number of hydrogen-bond acceptors (Lipinski definition) is 2. The first-order valence-electron chi connectivity index (χ1n) is 13.5. The molecule has 2 nitrogen and oxygen atoms in total. The average Bonchev–Trinajstić information content (AvgIpc) is 2.83. The second kappa shape index (κ2) is 11.5. The molecule has 36 heavy (non-hydrogen) atoms. The first kappa shape index (κ1) is 30.1. The third-order valence-corrected chi connectivity index (χ3v) is 8.55. The molecule has 4 atom stereocenters. The summed E-state index contributed by atoms with van der Waals surface area (Å²) in [6.07, 6.45) is 1.98. The van der Waals surface area contributed by atoms with Crippen LogP contribution < -0.4 is 0 Å². The first-order valence-corrected chi connectivity index (χ1v) is 13.5. The topological polar surface area (TPSA) is 18.5 Å². The lowest BCUT2D eigenvalue weighted by Gasteiger charge is -2.50. The minimum Gasteiger partial charge on any atom is -0.224 e. The number of hydrogen-bond donors (Lipinski definition) is 0. The van der Waals surface area contributed by atoms with Crippen molar-refractivity contribution in [3.63, 3.8) is 0 Å². The van der Waals surface area contributed by atoms with Gasteiger partial charge < -0.3 is 0 Å². The van der Waals surface area contributed by atoms with E-state index < -0.39 is 11.2 Å². The van der Waals surface area contributed by atoms with Gasteiger partial charge >= 0.3 is 0 Å². The highest BCUT2D eigenvalue weighted by atomic mass is 17.2. The Labute approximate surface area is 221 Å². The van der Waals surface area contributed by atoms with Gasteiger partial charge in [0.25, 0.3) is 0 Å². The van der Waals surface area contributed by atoms with Crippen LogP contribution >= 0.6 is 0 Å². The van der Waals surface area contributed by atoms with E-state index in [-0.39, 0.29) is 22.7 Å². The lowest BCUT2D eigenvalue weighted by Crippen LogP contribution is -2.49. The maximum atomic E-state index is 6.82. The maximum absolute atomic E-state index is 6.82. The van der Waals surface area contributed by atoms with Crippen molar-refractivity contribution in [1.82, 2.24) is 0 Å². The van der Waals surface area contributed by atoms with Gasteiger partial charge in [-0.25, -0.2) is 9.78 Å². The van der Waals surface area contributed by atoms with Crippen LogP contribution in [-0.2, 0) is 21.0 Å². The van der Waals surface area contributed by atoms with Crippen molar-refractivity contribution in [3.05, 3.63) is 96.1 Å². The zero-order valence-electron chi connectivity index (χ0n) is 24.6. The molecule has 0 aromatic heterocycles. The molecule has 0 aliphatic heterocycles. The van der Waals surface area contributed by atoms with E-state index in [4.69, 9.17) is 9.78 Å². The van der Waals surface area contributed by atoms with Crippen LogP contribution in [0.15, 0.2) is 85.0 Å². The Morgan fingerprint density at radius 3 is 1.11 bits per heavy atom. The standard InChI is InChI=1S/C34H50O2/c1-13-31(7,8)29(25(3)4)33(11,27-21-17-15-18-22-27)35-36-34(12,28-23-19-16-20-24-28)30(26(5)6)32(9,10)14-2/h15-24,29-30H,3,5,13-14H2,1-2,4,6-12H3. The molecular weight excluding hydrogens is 440 g/mol. The molecule has 0 bridgehead atoms. The van der Waals surface area contributed by atoms with Crippen molar-refractivity contribution in [3.8, 4) is 0 Å². The van der Waals surface area contributed by atoms with Gasteiger partial charge in [-0.05, 0) is 49.7 Å². The van der Waals surface area contributed by atoms with E-state index in [9.17, 15) is 0 Å². The maximum Gasteiger partial charge on any atom is 0.133 e. The molecule has 2 aromatic carbocycles. The third kappa shape index (κ3) is 6.03. The Hall–Kier alpha value is -2.16. The molecule has 2 rings (SSSR count). The Kier molecular flexibility index (Phi) is 9.59. The highest BCUT2D eigenvalue weighted by Gasteiger charge is 2.51. The highest BCUT2D eigenvalue weighted by Crippen LogP contribution is 2.53. The molecule has 0 heterocycles. The van der Waals surface area contributed by atoms with E-state index in [1.165, 1.54) is 0 Å². The second-order valence-electron chi connectivity index (χ2n) is 12.4. The fourth-order valence-corrected chi connectivity index (χ4v) is 6.41. The average molecular weight is 491 g/mol. The molecule has 0 N–H and O–H groups in total. The summed E-state index contributed by atoms with van der Waals surface area (Å²) >= 11 is 0. The smallest absolute Gasteiger partial charge is 0.133 e. The van der Waals surface area contributed by atoms with E-state index >= 15 is 0 Å². The van der Waals surface area contributed by atoms with Crippen LogP contribution in [0.25, 0.3) is 0 Å². The van der Waals surface area contributed by atoms with Crippen LogP contribution in [0.5, 0.6) is 0 Å². The van der Waals surface area contributed by atoms with Crippen LogP contribution in [-0.4, -0.2) is 0 Å². The molecule has 2 heteroatoms. The summed E-state index contributed by atoms with van der Waals surface area (Å²) in [7, 11) is 0. The molecule has 0 saturated carbocycles. The van der Waals surface area contributed by atoms with Gasteiger partial charge in [0.1, 0.15) is 11.2 Å². The van der Waals surface area contributed by atoms with Gasteiger partial charge in [-0.1, -0.05) is 139 Å². The van der Waals surface area contributed by atoms with E-state index in [1.807, 2.05) is 12.1 Å². The Balaban J connectivity index is 2.74. The van der Waals surface area contributed by atoms with Crippen molar-refractivity contribution < 1.29 is 9.78 Å². The molecule has 0 fully saturated rings. The summed E-state index contributed by atoms with van der Waals surface area (Å²) in [6.45, 7) is 31.0. The van der Waals surface area contributed by atoms with E-state index in [1.54, 1.807) is 0 Å². The molecule has 198 valence electrons. The molecule has 0 spiro atoms. The minimum absolute atomic E-state index is 0.0277. The monoisotopic (exact) mass is 490 g/mol. The molecule has 0 aliphatic carbocycles. The van der Waals surface area contributed by atoms with Crippen LogP contribution in [0, 0.1) is 22.7 Å². The second-order valence-corrected chi connectivity index (χ2v) is 12.4. The summed E-state index contributed by atoms with van der Waals surface area (Å²) in [5.74, 6) is 0.0553. The van der Waals surface area contributed by atoms with Crippen LogP contribution in [0.3, 0.4) is 0 Å². The van der Waals surface area contributed by atoms with Gasteiger partial charge in [0.2, 0.25) is 0 Å². The molecule has 0 radical (unpaired) electrons. The largest absolute Gasteiger partial charge is 0.224 e. The Bertz CT molecular complexity index is 920. The van der Waals surface area contributed by atoms with E-state index in [2.05, 4.69) is 131 Å². The summed E-state index contributed by atoms with van der Waals surface area (Å²) < 4.78 is 0. The predicted octanol–water partition coefficient (Wildman–Crippen LogP) is 10.0. The van der Waals surface area contributed by atoms with Crippen molar-refractivity contribution in [2.45, 2.75) is 93.3 Å².